The molecular weight excluding hydrogens is 262 g/mol. The van der Waals surface area contributed by atoms with Crippen LogP contribution in [0.25, 0.3) is 0 Å². The molecule has 4 N–H and O–H groups in total. The van der Waals surface area contributed by atoms with Crippen molar-refractivity contribution in [3.05, 3.63) is 47.5 Å². The molecular formula is C14H13NO3S. The summed E-state index contributed by atoms with van der Waals surface area (Å²) < 4.78 is 0. The number of hydrogen-bond donors (Lipinski definition) is 4. The molecule has 0 bridgehead atoms. The maximum atomic E-state index is 9.73. The van der Waals surface area contributed by atoms with E-state index in [2.05, 4.69) is 5.32 Å². The van der Waals surface area contributed by atoms with Crippen LogP contribution in [-0.2, 0) is 0 Å². The first-order chi connectivity index (χ1) is 8.97. The highest BCUT2D eigenvalue weighted by Gasteiger charge is 2.09. The van der Waals surface area contributed by atoms with Crippen LogP contribution in [0.15, 0.2) is 36.4 Å². The van der Waals surface area contributed by atoms with E-state index in [1.54, 1.807) is 18.2 Å². The summed E-state index contributed by atoms with van der Waals surface area (Å²) >= 11 is 5.21. The van der Waals surface area contributed by atoms with Gasteiger partial charge < -0.3 is 20.6 Å². The summed E-state index contributed by atoms with van der Waals surface area (Å²) in [5, 5.41) is 31.3. The van der Waals surface area contributed by atoms with Crippen LogP contribution in [0.2, 0.25) is 0 Å². The first-order valence-electron chi connectivity index (χ1n) is 5.60. The molecule has 0 saturated carbocycles. The highest BCUT2D eigenvalue weighted by molar-refractivity contribution is 7.81. The van der Waals surface area contributed by atoms with Crippen LogP contribution in [0.5, 0.6) is 17.2 Å². The lowest BCUT2D eigenvalue weighted by atomic mass is 10.1. The maximum absolute atomic E-state index is 9.73. The molecule has 0 saturated heterocycles. The number of benzene rings is 2. The fourth-order valence-corrected chi connectivity index (χ4v) is 1.97. The van der Waals surface area contributed by atoms with Crippen molar-refractivity contribution >= 4 is 22.9 Å². The van der Waals surface area contributed by atoms with Crippen LogP contribution < -0.4 is 5.32 Å². The molecule has 2 aromatic rings. The second-order valence-electron chi connectivity index (χ2n) is 4.15. The Morgan fingerprint density at radius 2 is 1.63 bits per heavy atom. The number of phenolic OH excluding ortho intramolecular Hbond substituents is 3. The molecule has 2 aromatic carbocycles. The number of nitrogens with one attached hydrogen (secondary N) is 1. The molecule has 4 nitrogen and oxygen atoms in total. The predicted octanol–water partition coefficient (Wildman–Crippen LogP) is 2.90. The molecule has 0 heterocycles. The van der Waals surface area contributed by atoms with E-state index < -0.39 is 0 Å². The van der Waals surface area contributed by atoms with Crippen LogP contribution >= 0.6 is 12.2 Å². The minimum atomic E-state index is -0.0890. The first kappa shape index (κ1) is 13.2. The Morgan fingerprint density at radius 3 is 2.26 bits per heavy atom. The average Bonchev–Trinajstić information content (AvgIpc) is 2.32. The molecule has 19 heavy (non-hydrogen) atoms. The van der Waals surface area contributed by atoms with Gasteiger partial charge in [0.1, 0.15) is 22.2 Å². The summed E-state index contributed by atoms with van der Waals surface area (Å²) in [6.45, 7) is 1.83. The van der Waals surface area contributed by atoms with E-state index in [0.717, 1.165) is 11.3 Å². The molecule has 0 radical (unpaired) electrons. The largest absolute Gasteiger partial charge is 0.508 e. The van der Waals surface area contributed by atoms with E-state index in [-0.39, 0.29) is 17.2 Å². The topological polar surface area (TPSA) is 72.7 Å². The van der Waals surface area contributed by atoms with Crippen molar-refractivity contribution in [3.8, 4) is 17.2 Å². The molecule has 0 amide bonds. The van der Waals surface area contributed by atoms with E-state index in [4.69, 9.17) is 12.2 Å². The Balaban J connectivity index is 2.25. The second kappa shape index (κ2) is 5.16. The van der Waals surface area contributed by atoms with Gasteiger partial charge in [0.15, 0.2) is 0 Å². The molecule has 98 valence electrons. The number of phenols is 3. The van der Waals surface area contributed by atoms with Gasteiger partial charge in [0.2, 0.25) is 0 Å². The Kier molecular flexibility index (Phi) is 3.57. The third-order valence-electron chi connectivity index (χ3n) is 2.68. The van der Waals surface area contributed by atoms with Crippen LogP contribution in [0, 0.1) is 6.92 Å². The lowest BCUT2D eigenvalue weighted by molar-refractivity contribution is 0.450. The van der Waals surface area contributed by atoms with Crippen molar-refractivity contribution in [2.75, 3.05) is 5.32 Å². The van der Waals surface area contributed by atoms with Gasteiger partial charge in [0.25, 0.3) is 0 Å². The highest BCUT2D eigenvalue weighted by atomic mass is 32.1. The fourth-order valence-electron chi connectivity index (χ4n) is 1.69. The summed E-state index contributed by atoms with van der Waals surface area (Å²) in [5.74, 6) is 0.0697. The first-order valence-corrected chi connectivity index (χ1v) is 6.01. The SMILES string of the molecule is Cc1cc(O)ccc1NC(=S)c1ccc(O)cc1O. The van der Waals surface area contributed by atoms with Gasteiger partial charge in [-0.25, -0.2) is 0 Å². The van der Waals surface area contributed by atoms with Gasteiger partial charge in [-0.05, 0) is 42.8 Å². The lowest BCUT2D eigenvalue weighted by Gasteiger charge is -2.12. The number of hydrogen-bond acceptors (Lipinski definition) is 4. The van der Waals surface area contributed by atoms with Crippen molar-refractivity contribution in [2.24, 2.45) is 0 Å². The standard InChI is InChI=1S/C14H13NO3S/c1-8-6-9(16)3-5-12(8)15-14(19)11-4-2-10(17)7-13(11)18/h2-7,16-18H,1H3,(H,15,19). The van der Waals surface area contributed by atoms with Crippen molar-refractivity contribution in [2.45, 2.75) is 6.92 Å². The molecule has 0 fully saturated rings. The van der Waals surface area contributed by atoms with Crippen LogP contribution in [0.1, 0.15) is 11.1 Å². The summed E-state index contributed by atoms with van der Waals surface area (Å²) in [6.07, 6.45) is 0. The fraction of sp³-hybridized carbons (Fsp3) is 0.0714. The lowest BCUT2D eigenvalue weighted by Crippen LogP contribution is -2.11. The molecule has 0 unspecified atom stereocenters. The van der Waals surface area contributed by atoms with Gasteiger partial charge in [-0.1, -0.05) is 12.2 Å². The zero-order valence-electron chi connectivity index (χ0n) is 10.2. The summed E-state index contributed by atoms with van der Waals surface area (Å²) in [5.41, 5.74) is 2.01. The van der Waals surface area contributed by atoms with Crippen molar-refractivity contribution in [1.82, 2.24) is 0 Å². The minimum Gasteiger partial charge on any atom is -0.508 e. The predicted molar refractivity (Wildman–Crippen MR) is 77.9 cm³/mol. The van der Waals surface area contributed by atoms with Crippen molar-refractivity contribution in [1.29, 1.82) is 0 Å². The zero-order valence-corrected chi connectivity index (χ0v) is 11.0. The third-order valence-corrected chi connectivity index (χ3v) is 3.01. The Morgan fingerprint density at radius 1 is 1.00 bits per heavy atom. The summed E-state index contributed by atoms with van der Waals surface area (Å²) in [7, 11) is 0. The van der Waals surface area contributed by atoms with Gasteiger partial charge in [-0.2, -0.15) is 0 Å². The number of anilines is 1. The number of rotatable bonds is 2. The molecule has 0 atom stereocenters. The van der Waals surface area contributed by atoms with Crippen LogP contribution in [0.3, 0.4) is 0 Å². The number of aryl methyl sites for hydroxylation is 1. The van der Waals surface area contributed by atoms with E-state index in [1.807, 2.05) is 6.92 Å². The van der Waals surface area contributed by atoms with E-state index in [0.29, 0.717) is 10.6 Å². The molecule has 2 rings (SSSR count). The van der Waals surface area contributed by atoms with Gasteiger partial charge >= 0.3 is 0 Å². The molecule has 5 heteroatoms. The molecule has 0 aliphatic carbocycles. The summed E-state index contributed by atoms with van der Waals surface area (Å²) in [6, 6.07) is 9.08. The third kappa shape index (κ3) is 2.95. The molecule has 0 aromatic heterocycles. The van der Waals surface area contributed by atoms with Gasteiger partial charge in [-0.15, -0.1) is 0 Å². The second-order valence-corrected chi connectivity index (χ2v) is 4.56. The van der Waals surface area contributed by atoms with Crippen molar-refractivity contribution < 1.29 is 15.3 Å². The number of thiocarbonyl (C=S) groups is 1. The van der Waals surface area contributed by atoms with Crippen LogP contribution in [-0.4, -0.2) is 20.3 Å². The quantitative estimate of drug-likeness (QED) is 0.501. The molecule has 0 aliphatic heterocycles. The Bertz CT molecular complexity index is 641. The van der Waals surface area contributed by atoms with Gasteiger partial charge in [0, 0.05) is 11.8 Å². The normalized spacial score (nSPS) is 10.2. The van der Waals surface area contributed by atoms with Gasteiger partial charge in [-0.3, -0.25) is 0 Å². The van der Waals surface area contributed by atoms with E-state index >= 15 is 0 Å². The average molecular weight is 275 g/mol. The van der Waals surface area contributed by atoms with Crippen LogP contribution in [0.4, 0.5) is 5.69 Å². The van der Waals surface area contributed by atoms with Gasteiger partial charge in [0.05, 0.1) is 5.56 Å². The number of aromatic hydroxyl groups is 3. The van der Waals surface area contributed by atoms with Crippen molar-refractivity contribution in [3.63, 3.8) is 0 Å². The minimum absolute atomic E-state index is 0.0233. The molecule has 0 spiro atoms. The highest BCUT2D eigenvalue weighted by Crippen LogP contribution is 2.25. The zero-order chi connectivity index (χ0) is 14.0. The smallest absolute Gasteiger partial charge is 0.129 e. The Hall–Kier alpha value is -2.27. The molecule has 0 aliphatic rings. The Labute approximate surface area is 116 Å². The maximum Gasteiger partial charge on any atom is 0.129 e. The van der Waals surface area contributed by atoms with E-state index in [1.165, 1.54) is 18.2 Å². The monoisotopic (exact) mass is 275 g/mol. The van der Waals surface area contributed by atoms with E-state index in [9.17, 15) is 15.3 Å². The summed E-state index contributed by atoms with van der Waals surface area (Å²) in [4.78, 5) is 0.339.